The highest BCUT2D eigenvalue weighted by atomic mass is 32.2. The molecule has 0 amide bonds. The van der Waals surface area contributed by atoms with E-state index in [1.54, 1.807) is 11.8 Å². The SMILES string of the molecule is CCS[C@H]1O[C@H](CO)[C@H](OCc2ccccc2)[C@H](OCc2ccccc2)[C@H]1OCc1ccccc1. The summed E-state index contributed by atoms with van der Waals surface area (Å²) in [6, 6.07) is 30.2. The van der Waals surface area contributed by atoms with Crippen molar-refractivity contribution in [1.82, 2.24) is 0 Å². The molecule has 0 unspecified atom stereocenters. The van der Waals surface area contributed by atoms with Crippen LogP contribution in [0.3, 0.4) is 0 Å². The van der Waals surface area contributed by atoms with Gasteiger partial charge in [0.25, 0.3) is 0 Å². The van der Waals surface area contributed by atoms with Crippen LogP contribution in [-0.2, 0) is 38.8 Å². The van der Waals surface area contributed by atoms with Crippen molar-refractivity contribution >= 4 is 11.8 Å². The van der Waals surface area contributed by atoms with Gasteiger partial charge in [0.05, 0.1) is 26.4 Å². The fraction of sp³-hybridized carbons (Fsp3) is 0.379. The van der Waals surface area contributed by atoms with Gasteiger partial charge in [0.15, 0.2) is 0 Å². The second-order valence-electron chi connectivity index (χ2n) is 8.46. The van der Waals surface area contributed by atoms with Gasteiger partial charge in [-0.05, 0) is 22.4 Å². The van der Waals surface area contributed by atoms with Crippen molar-refractivity contribution in [2.75, 3.05) is 12.4 Å². The van der Waals surface area contributed by atoms with Crippen molar-refractivity contribution in [3.63, 3.8) is 0 Å². The molecule has 6 heteroatoms. The molecule has 4 rings (SSSR count). The molecule has 0 aromatic heterocycles. The molecule has 1 aliphatic heterocycles. The van der Waals surface area contributed by atoms with Crippen molar-refractivity contribution in [2.24, 2.45) is 0 Å². The summed E-state index contributed by atoms with van der Waals surface area (Å²) in [6.45, 7) is 3.19. The van der Waals surface area contributed by atoms with E-state index in [2.05, 4.69) is 6.92 Å². The first-order valence-electron chi connectivity index (χ1n) is 12.1. The predicted octanol–water partition coefficient (Wildman–Crippen LogP) is 5.21. The second kappa shape index (κ2) is 13.8. The molecule has 0 saturated carbocycles. The Morgan fingerprint density at radius 3 is 1.51 bits per heavy atom. The van der Waals surface area contributed by atoms with Crippen LogP contribution in [-0.4, -0.2) is 47.3 Å². The van der Waals surface area contributed by atoms with Crippen molar-refractivity contribution in [3.8, 4) is 0 Å². The van der Waals surface area contributed by atoms with Gasteiger partial charge in [0.1, 0.15) is 29.9 Å². The monoisotopic (exact) mass is 494 g/mol. The molecule has 5 nitrogen and oxygen atoms in total. The molecule has 1 N–H and O–H groups in total. The third-order valence-electron chi connectivity index (χ3n) is 5.96. The smallest absolute Gasteiger partial charge is 0.132 e. The average Bonchev–Trinajstić information content (AvgIpc) is 2.92. The number of aliphatic hydroxyl groups is 1. The maximum absolute atomic E-state index is 10.2. The maximum atomic E-state index is 10.2. The molecule has 5 atom stereocenters. The van der Waals surface area contributed by atoms with Gasteiger partial charge in [-0.3, -0.25) is 0 Å². The minimum absolute atomic E-state index is 0.156. The summed E-state index contributed by atoms with van der Waals surface area (Å²) in [5.74, 6) is 0.856. The molecule has 1 fully saturated rings. The van der Waals surface area contributed by atoms with Crippen LogP contribution in [0.2, 0.25) is 0 Å². The summed E-state index contributed by atoms with van der Waals surface area (Å²) in [4.78, 5) is 0. The summed E-state index contributed by atoms with van der Waals surface area (Å²) < 4.78 is 25.7. The van der Waals surface area contributed by atoms with Crippen LogP contribution in [0.1, 0.15) is 23.6 Å². The zero-order valence-corrected chi connectivity index (χ0v) is 20.9. The van der Waals surface area contributed by atoms with Crippen molar-refractivity contribution in [2.45, 2.75) is 56.6 Å². The van der Waals surface area contributed by atoms with Crippen LogP contribution >= 0.6 is 11.8 Å². The maximum Gasteiger partial charge on any atom is 0.132 e. The van der Waals surface area contributed by atoms with E-state index in [0.29, 0.717) is 19.8 Å². The molecule has 1 heterocycles. The van der Waals surface area contributed by atoms with Crippen LogP contribution in [0.25, 0.3) is 0 Å². The zero-order chi connectivity index (χ0) is 24.3. The molecule has 0 aliphatic carbocycles. The van der Waals surface area contributed by atoms with Gasteiger partial charge >= 0.3 is 0 Å². The molecule has 3 aromatic carbocycles. The highest BCUT2D eigenvalue weighted by molar-refractivity contribution is 7.99. The summed E-state index contributed by atoms with van der Waals surface area (Å²) in [5, 5.41) is 10.2. The molecule has 35 heavy (non-hydrogen) atoms. The molecular weight excluding hydrogens is 460 g/mol. The minimum Gasteiger partial charge on any atom is -0.394 e. The van der Waals surface area contributed by atoms with Crippen LogP contribution in [0.5, 0.6) is 0 Å². The lowest BCUT2D eigenvalue weighted by Crippen LogP contribution is -2.60. The standard InChI is InChI=1S/C29H34O5S/c1-2-35-29-28(33-21-24-16-10-5-11-17-24)27(32-20-23-14-8-4-9-15-23)26(25(18-30)34-29)31-19-22-12-6-3-7-13-22/h3-17,25-30H,2,18-21H2,1H3/t25-,26+,27+,28-,29-/m1/s1. The summed E-state index contributed by atoms with van der Waals surface area (Å²) in [6.07, 6.45) is -1.79. The molecule has 3 aromatic rings. The lowest BCUT2D eigenvalue weighted by Gasteiger charge is -2.45. The Labute approximate surface area is 212 Å². The van der Waals surface area contributed by atoms with Gasteiger partial charge < -0.3 is 24.1 Å². The highest BCUT2D eigenvalue weighted by Gasteiger charge is 2.48. The third-order valence-corrected chi connectivity index (χ3v) is 7.00. The Bertz CT molecular complexity index is 972. The molecule has 0 bridgehead atoms. The van der Waals surface area contributed by atoms with E-state index < -0.39 is 18.3 Å². The molecule has 1 aliphatic rings. The number of ether oxygens (including phenoxy) is 4. The number of hydrogen-bond acceptors (Lipinski definition) is 6. The van der Waals surface area contributed by atoms with Crippen LogP contribution in [0.15, 0.2) is 91.0 Å². The number of rotatable bonds is 12. The van der Waals surface area contributed by atoms with Crippen molar-refractivity contribution in [1.29, 1.82) is 0 Å². The second-order valence-corrected chi connectivity index (χ2v) is 9.84. The van der Waals surface area contributed by atoms with E-state index in [1.165, 1.54) is 0 Å². The van der Waals surface area contributed by atoms with Crippen molar-refractivity contribution < 1.29 is 24.1 Å². The minimum atomic E-state index is -0.514. The first kappa shape index (κ1) is 25.9. The summed E-state index contributed by atoms with van der Waals surface area (Å²) in [5.41, 5.74) is 2.93. The largest absolute Gasteiger partial charge is 0.394 e. The van der Waals surface area contributed by atoms with E-state index in [4.69, 9.17) is 18.9 Å². The lowest BCUT2D eigenvalue weighted by molar-refractivity contribution is -0.251. The van der Waals surface area contributed by atoms with Crippen LogP contribution in [0.4, 0.5) is 0 Å². The molecule has 0 spiro atoms. The van der Waals surface area contributed by atoms with Crippen LogP contribution in [0, 0.1) is 0 Å². The molecule has 186 valence electrons. The fourth-order valence-corrected chi connectivity index (χ4v) is 5.16. The quantitative estimate of drug-likeness (QED) is 0.373. The molecular formula is C29H34O5S. The first-order chi connectivity index (χ1) is 17.3. The van der Waals surface area contributed by atoms with Gasteiger partial charge in [-0.25, -0.2) is 0 Å². The van der Waals surface area contributed by atoms with Crippen molar-refractivity contribution in [3.05, 3.63) is 108 Å². The number of hydrogen-bond donors (Lipinski definition) is 1. The number of aliphatic hydroxyl groups excluding tert-OH is 1. The fourth-order valence-electron chi connectivity index (χ4n) is 4.19. The summed E-state index contributed by atoms with van der Waals surface area (Å²) in [7, 11) is 0. The van der Waals surface area contributed by atoms with Gasteiger partial charge in [-0.15, -0.1) is 11.8 Å². The van der Waals surface area contributed by atoms with E-state index in [-0.39, 0.29) is 18.1 Å². The van der Waals surface area contributed by atoms with Crippen LogP contribution < -0.4 is 0 Å². The normalized spacial score (nSPS) is 24.3. The van der Waals surface area contributed by atoms with E-state index >= 15 is 0 Å². The van der Waals surface area contributed by atoms with E-state index in [1.807, 2.05) is 91.0 Å². The Hall–Kier alpha value is -2.19. The Morgan fingerprint density at radius 2 is 1.09 bits per heavy atom. The predicted molar refractivity (Wildman–Crippen MR) is 139 cm³/mol. The average molecular weight is 495 g/mol. The Balaban J connectivity index is 1.58. The Kier molecular flexibility index (Phi) is 10.2. The van der Waals surface area contributed by atoms with E-state index in [9.17, 15) is 5.11 Å². The summed E-state index contributed by atoms with van der Waals surface area (Å²) >= 11 is 1.66. The van der Waals surface area contributed by atoms with Gasteiger partial charge in [0, 0.05) is 0 Å². The Morgan fingerprint density at radius 1 is 0.657 bits per heavy atom. The highest BCUT2D eigenvalue weighted by Crippen LogP contribution is 2.35. The molecule has 0 radical (unpaired) electrons. The zero-order valence-electron chi connectivity index (χ0n) is 20.1. The van der Waals surface area contributed by atoms with E-state index in [0.717, 1.165) is 22.4 Å². The van der Waals surface area contributed by atoms with Gasteiger partial charge in [0.2, 0.25) is 0 Å². The lowest BCUT2D eigenvalue weighted by atomic mass is 9.99. The number of thioether (sulfide) groups is 1. The van der Waals surface area contributed by atoms with Gasteiger partial charge in [-0.1, -0.05) is 97.9 Å². The first-order valence-corrected chi connectivity index (χ1v) is 13.2. The topological polar surface area (TPSA) is 57.2 Å². The van der Waals surface area contributed by atoms with Gasteiger partial charge in [-0.2, -0.15) is 0 Å². The number of benzene rings is 3. The third kappa shape index (κ3) is 7.40. The molecule has 1 saturated heterocycles.